The van der Waals surface area contributed by atoms with Gasteiger partial charge in [0.1, 0.15) is 16.8 Å². The number of carbonyl (C=O) groups excluding carboxylic acids is 1. The molecule has 276 valence electrons. The molecule has 1 heterocycles. The van der Waals surface area contributed by atoms with E-state index in [2.05, 4.69) is 112 Å². The zero-order valence-corrected chi connectivity index (χ0v) is 36.4. The molecule has 0 aromatic carbocycles. The van der Waals surface area contributed by atoms with Crippen LogP contribution in [0.2, 0.25) is 55.9 Å². The van der Waals surface area contributed by atoms with Crippen molar-refractivity contribution in [2.75, 3.05) is 26.2 Å². The van der Waals surface area contributed by atoms with Crippen LogP contribution in [0.25, 0.3) is 0 Å². The van der Waals surface area contributed by atoms with E-state index in [0.29, 0.717) is 44.6 Å². The number of nitrogens with zero attached hydrogens (tertiary/aromatic N) is 1. The molecule has 7 nitrogen and oxygen atoms in total. The molecule has 0 unspecified atom stereocenters. The molecule has 4 rings (SSSR count). The van der Waals surface area contributed by atoms with Crippen molar-refractivity contribution in [1.82, 2.24) is 4.90 Å². The SMILES string of the molecule is C=C[C@]1(O[Si](C)(C)C(C)(C)C)CC[C@]2(O[Si](C)(C)C)[C@@]3(C(=O)OCC)CCC[C@@]2(CN(CC)C3)[C@@H]2CC=C(O[Si](C)(C)C(C)(C)C)[C@@]21O. The fraction of sp³-hybridized carbons (Fsp3) is 0.868. The molecule has 0 aromatic heterocycles. The summed E-state index contributed by atoms with van der Waals surface area (Å²) in [5, 5.41) is 14.0. The Hall–Kier alpha value is -0.759. The third-order valence-corrected chi connectivity index (χ3v) is 23.5. The second kappa shape index (κ2) is 12.4. The van der Waals surface area contributed by atoms with Gasteiger partial charge in [0.15, 0.2) is 22.2 Å². The third-order valence-electron chi connectivity index (χ3n) is 13.7. The van der Waals surface area contributed by atoms with E-state index in [9.17, 15) is 9.90 Å². The number of aliphatic hydroxyl groups is 1. The van der Waals surface area contributed by atoms with Gasteiger partial charge in [-0.05, 0) is 108 Å². The van der Waals surface area contributed by atoms with Gasteiger partial charge in [0.25, 0.3) is 0 Å². The van der Waals surface area contributed by atoms with Crippen LogP contribution in [-0.4, -0.2) is 84.0 Å². The van der Waals surface area contributed by atoms with Crippen molar-refractivity contribution in [1.29, 1.82) is 0 Å². The minimum absolute atomic E-state index is 0.0686. The number of hydrogen-bond donors (Lipinski definition) is 1. The fourth-order valence-corrected chi connectivity index (χ4v) is 13.7. The highest BCUT2D eigenvalue weighted by atomic mass is 28.4. The van der Waals surface area contributed by atoms with Crippen molar-refractivity contribution in [3.8, 4) is 0 Å². The summed E-state index contributed by atoms with van der Waals surface area (Å²) in [7, 11) is -7.19. The largest absolute Gasteiger partial charge is 0.544 e. The average molecular weight is 722 g/mol. The molecule has 1 N–H and O–H groups in total. The van der Waals surface area contributed by atoms with Crippen LogP contribution in [0, 0.1) is 16.7 Å². The highest BCUT2D eigenvalue weighted by molar-refractivity contribution is 6.74. The summed E-state index contributed by atoms with van der Waals surface area (Å²) >= 11 is 0. The molecule has 6 atom stereocenters. The molecule has 2 saturated carbocycles. The van der Waals surface area contributed by atoms with Gasteiger partial charge in [0.05, 0.1) is 12.2 Å². The maximum atomic E-state index is 14.7. The second-order valence-corrected chi connectivity index (χ2v) is 33.5. The molecular weight excluding hydrogens is 651 g/mol. The summed E-state index contributed by atoms with van der Waals surface area (Å²) in [6.45, 7) is 40.4. The Morgan fingerprint density at radius 3 is 2.04 bits per heavy atom. The topological polar surface area (TPSA) is 77.5 Å². The van der Waals surface area contributed by atoms with Crippen LogP contribution in [0.1, 0.15) is 93.9 Å². The predicted octanol–water partition coefficient (Wildman–Crippen LogP) is 9.03. The Bertz CT molecular complexity index is 1280. The van der Waals surface area contributed by atoms with Gasteiger partial charge in [-0.3, -0.25) is 4.79 Å². The van der Waals surface area contributed by atoms with Gasteiger partial charge in [0.2, 0.25) is 8.32 Å². The van der Waals surface area contributed by atoms with Crippen LogP contribution < -0.4 is 0 Å². The predicted molar refractivity (Wildman–Crippen MR) is 204 cm³/mol. The van der Waals surface area contributed by atoms with Crippen molar-refractivity contribution < 1.29 is 27.9 Å². The number of piperidine rings is 1. The van der Waals surface area contributed by atoms with Crippen LogP contribution in [0.3, 0.4) is 0 Å². The normalized spacial score (nSPS) is 36.4. The summed E-state index contributed by atoms with van der Waals surface area (Å²) in [6, 6.07) is 0. The molecule has 1 aliphatic heterocycles. The number of rotatable bonds is 10. The number of carbonyl (C=O) groups is 1. The van der Waals surface area contributed by atoms with E-state index in [4.69, 9.17) is 18.0 Å². The first kappa shape index (κ1) is 40.0. The van der Waals surface area contributed by atoms with E-state index < -0.39 is 52.6 Å². The van der Waals surface area contributed by atoms with Gasteiger partial charge in [-0.2, -0.15) is 0 Å². The molecule has 10 heteroatoms. The highest BCUT2D eigenvalue weighted by Gasteiger charge is 2.81. The summed E-state index contributed by atoms with van der Waals surface area (Å²) in [5.41, 5.74) is -4.92. The molecule has 0 spiro atoms. The molecule has 2 bridgehead atoms. The lowest BCUT2D eigenvalue weighted by Gasteiger charge is -2.70. The lowest BCUT2D eigenvalue weighted by molar-refractivity contribution is -0.268. The lowest BCUT2D eigenvalue weighted by Crippen LogP contribution is -2.79. The van der Waals surface area contributed by atoms with Gasteiger partial charge in [-0.15, -0.1) is 6.58 Å². The quantitative estimate of drug-likeness (QED) is 0.137. The summed E-state index contributed by atoms with van der Waals surface area (Å²) in [4.78, 5) is 17.2. The first-order valence-electron chi connectivity index (χ1n) is 18.8. The van der Waals surface area contributed by atoms with Crippen molar-refractivity contribution in [2.45, 2.75) is 167 Å². The van der Waals surface area contributed by atoms with Crippen LogP contribution in [-0.2, 0) is 22.8 Å². The number of allylic oxidation sites excluding steroid dienone is 1. The monoisotopic (exact) mass is 721 g/mol. The second-order valence-electron chi connectivity index (χ2n) is 19.6. The lowest BCUT2D eigenvalue weighted by atomic mass is 9.43. The molecular formula is C38H71NO6Si3. The standard InChI is InChI=1S/C38H71NO6Si3/c1-17-36(44-48(15,16)33(7,8)9)25-26-37(45-46(10,11)12)34(23-20-24-35(37,31(40)42-19-3)28-39(18-2)27-34)29-21-22-30(38(29,36)41)43-47(13,14)32(4,5)6/h17,22,29,41H,1,18-21,23-28H2,2-16H3/t29-,34+,35-,36-,37+,38-/m0/s1. The van der Waals surface area contributed by atoms with Crippen molar-refractivity contribution >= 4 is 30.9 Å². The molecule has 3 fully saturated rings. The van der Waals surface area contributed by atoms with Crippen molar-refractivity contribution in [3.05, 3.63) is 24.5 Å². The van der Waals surface area contributed by atoms with E-state index >= 15 is 0 Å². The first-order chi connectivity index (χ1) is 21.7. The molecule has 0 radical (unpaired) electrons. The Kier molecular flexibility index (Phi) is 10.4. The average Bonchev–Trinajstić information content (AvgIpc) is 3.22. The Labute approximate surface area is 297 Å². The third kappa shape index (κ3) is 5.83. The minimum Gasteiger partial charge on any atom is -0.544 e. The van der Waals surface area contributed by atoms with E-state index in [-0.39, 0.29) is 22.0 Å². The Morgan fingerprint density at radius 1 is 0.938 bits per heavy atom. The van der Waals surface area contributed by atoms with E-state index in [1.165, 1.54) is 0 Å². The van der Waals surface area contributed by atoms with Gasteiger partial charge in [-0.1, -0.05) is 61.0 Å². The summed E-state index contributed by atoms with van der Waals surface area (Å²) in [6.07, 6.45) is 8.24. The van der Waals surface area contributed by atoms with Gasteiger partial charge in [-0.25, -0.2) is 0 Å². The van der Waals surface area contributed by atoms with E-state index in [0.717, 1.165) is 25.9 Å². The number of likely N-dealkylation sites (tertiary alicyclic amines) is 1. The Balaban J connectivity index is 2.13. The van der Waals surface area contributed by atoms with E-state index in [1.807, 2.05) is 13.0 Å². The zero-order valence-electron chi connectivity index (χ0n) is 33.4. The molecule has 1 saturated heterocycles. The van der Waals surface area contributed by atoms with E-state index in [1.54, 1.807) is 0 Å². The summed E-state index contributed by atoms with van der Waals surface area (Å²) in [5.74, 6) is 0.195. The van der Waals surface area contributed by atoms with Gasteiger partial charge >= 0.3 is 5.97 Å². The highest BCUT2D eigenvalue weighted by Crippen LogP contribution is 2.73. The number of fused-ring (bicyclic) bond motifs is 1. The summed E-state index contributed by atoms with van der Waals surface area (Å²) < 4.78 is 28.7. The maximum Gasteiger partial charge on any atom is 0.316 e. The number of esters is 1. The van der Waals surface area contributed by atoms with Crippen LogP contribution in [0.4, 0.5) is 0 Å². The van der Waals surface area contributed by atoms with Crippen LogP contribution >= 0.6 is 0 Å². The molecule has 0 amide bonds. The fourth-order valence-electron chi connectivity index (χ4n) is 9.48. The number of ether oxygens (including phenoxy) is 1. The zero-order chi connectivity index (χ0) is 36.6. The Morgan fingerprint density at radius 2 is 1.54 bits per heavy atom. The first-order valence-corrected chi connectivity index (χ1v) is 28.0. The maximum absolute atomic E-state index is 14.7. The van der Waals surface area contributed by atoms with Crippen LogP contribution in [0.5, 0.6) is 0 Å². The van der Waals surface area contributed by atoms with Gasteiger partial charge in [0, 0.05) is 24.4 Å². The molecule has 0 aromatic rings. The molecule has 3 aliphatic carbocycles. The van der Waals surface area contributed by atoms with Crippen molar-refractivity contribution in [2.24, 2.45) is 16.7 Å². The minimum atomic E-state index is -2.51. The van der Waals surface area contributed by atoms with Crippen LogP contribution in [0.15, 0.2) is 24.5 Å². The van der Waals surface area contributed by atoms with Gasteiger partial charge < -0.3 is 28.0 Å². The van der Waals surface area contributed by atoms with Crippen molar-refractivity contribution in [3.63, 3.8) is 0 Å². The molecule has 4 aliphatic rings. The molecule has 48 heavy (non-hydrogen) atoms. The smallest absolute Gasteiger partial charge is 0.316 e. The number of hydrogen-bond acceptors (Lipinski definition) is 7.